The minimum absolute atomic E-state index is 0.247. The summed E-state index contributed by atoms with van der Waals surface area (Å²) in [6, 6.07) is 8.14. The summed E-state index contributed by atoms with van der Waals surface area (Å²) >= 11 is 3.24. The molecule has 0 saturated carbocycles. The number of carbonyl (C=O) groups excluding carboxylic acids is 1. The van der Waals surface area contributed by atoms with Gasteiger partial charge in [-0.2, -0.15) is 0 Å². The largest absolute Gasteiger partial charge is 0.373 e. The number of piperidine rings is 1. The van der Waals surface area contributed by atoms with Gasteiger partial charge < -0.3 is 9.64 Å². The van der Waals surface area contributed by atoms with Crippen LogP contribution in [0.3, 0.4) is 0 Å². The van der Waals surface area contributed by atoms with Gasteiger partial charge in [-0.1, -0.05) is 23.9 Å². The van der Waals surface area contributed by atoms with Gasteiger partial charge in [0.25, 0.3) is 0 Å². The number of morpholine rings is 1. The highest BCUT2D eigenvalue weighted by molar-refractivity contribution is 8.01. The molecule has 2 saturated heterocycles. The molecule has 5 nitrogen and oxygen atoms in total. The quantitative estimate of drug-likeness (QED) is 0.691. The van der Waals surface area contributed by atoms with Crippen molar-refractivity contribution in [3.05, 3.63) is 24.3 Å². The lowest BCUT2D eigenvalue weighted by molar-refractivity contribution is -0.129. The van der Waals surface area contributed by atoms with Crippen LogP contribution in [0.1, 0.15) is 26.7 Å². The van der Waals surface area contributed by atoms with Crippen LogP contribution in [0.5, 0.6) is 0 Å². The molecule has 2 aliphatic rings. The second-order valence-corrected chi connectivity index (χ2v) is 10.3. The van der Waals surface area contributed by atoms with Crippen LogP contribution in [-0.2, 0) is 9.53 Å². The highest BCUT2D eigenvalue weighted by atomic mass is 32.2. The Balaban J connectivity index is 1.21. The molecule has 2 aliphatic heterocycles. The highest BCUT2D eigenvalue weighted by Gasteiger charge is 2.28. The van der Waals surface area contributed by atoms with Crippen molar-refractivity contribution in [1.29, 1.82) is 0 Å². The Morgan fingerprint density at radius 2 is 1.93 bits per heavy atom. The van der Waals surface area contributed by atoms with E-state index in [-0.39, 0.29) is 5.91 Å². The molecule has 0 aliphatic carbocycles. The third-order valence-corrected chi connectivity index (χ3v) is 7.74. The Kier molecular flexibility index (Phi) is 6.55. The minimum atomic E-state index is 0.247. The van der Waals surface area contributed by atoms with Crippen molar-refractivity contribution in [3.8, 4) is 0 Å². The van der Waals surface area contributed by atoms with Crippen LogP contribution in [-0.4, -0.2) is 71.4 Å². The van der Waals surface area contributed by atoms with Crippen LogP contribution in [0.15, 0.2) is 28.6 Å². The summed E-state index contributed by atoms with van der Waals surface area (Å²) in [6.45, 7) is 9.30. The van der Waals surface area contributed by atoms with Crippen molar-refractivity contribution >= 4 is 39.2 Å². The van der Waals surface area contributed by atoms with Crippen LogP contribution in [0.2, 0.25) is 0 Å². The molecular weight excluding hydrogens is 390 g/mol. The van der Waals surface area contributed by atoms with Gasteiger partial charge in [0.2, 0.25) is 5.91 Å². The maximum Gasteiger partial charge on any atom is 0.233 e. The minimum Gasteiger partial charge on any atom is -0.373 e. The molecular formula is C21H29N3O2S2. The Morgan fingerprint density at radius 1 is 1.21 bits per heavy atom. The molecule has 0 spiro atoms. The number of hydrogen-bond acceptors (Lipinski definition) is 6. The van der Waals surface area contributed by atoms with Crippen molar-refractivity contribution < 1.29 is 9.53 Å². The first-order valence-corrected chi connectivity index (χ1v) is 12.0. The number of fused-ring (bicyclic) bond motifs is 1. The lowest BCUT2D eigenvalue weighted by Gasteiger charge is -2.39. The van der Waals surface area contributed by atoms with E-state index in [2.05, 4.69) is 29.8 Å². The predicted octanol–water partition coefficient (Wildman–Crippen LogP) is 3.74. The molecule has 0 N–H and O–H groups in total. The van der Waals surface area contributed by atoms with E-state index in [1.54, 1.807) is 23.1 Å². The molecule has 1 aromatic carbocycles. The Bertz CT molecular complexity index is 761. The standard InChI is InChI=1S/C21H29N3O2S2/c1-15-11-23(12-16(2)26-15)13-17-7-9-24(10-8-17)20(25)14-27-21-22-18-5-3-4-6-19(18)28-21/h3-6,15-17H,7-14H2,1-2H3. The summed E-state index contributed by atoms with van der Waals surface area (Å²) in [5.41, 5.74) is 1.02. The Hall–Kier alpha value is -1.15. The molecule has 152 valence electrons. The van der Waals surface area contributed by atoms with Crippen molar-refractivity contribution in [2.45, 2.75) is 43.2 Å². The Labute approximate surface area is 175 Å². The van der Waals surface area contributed by atoms with Crippen molar-refractivity contribution in [1.82, 2.24) is 14.8 Å². The Morgan fingerprint density at radius 3 is 2.64 bits per heavy atom. The molecule has 28 heavy (non-hydrogen) atoms. The highest BCUT2D eigenvalue weighted by Crippen LogP contribution is 2.30. The van der Waals surface area contributed by atoms with E-state index in [0.29, 0.717) is 23.9 Å². The molecule has 7 heteroatoms. The molecule has 3 heterocycles. The maximum absolute atomic E-state index is 12.6. The zero-order chi connectivity index (χ0) is 19.5. The maximum atomic E-state index is 12.6. The first-order valence-electron chi connectivity index (χ1n) is 10.2. The lowest BCUT2D eigenvalue weighted by Crippen LogP contribution is -2.48. The van der Waals surface area contributed by atoms with Gasteiger partial charge in [0.1, 0.15) is 0 Å². The average molecular weight is 420 g/mol. The number of aromatic nitrogens is 1. The second-order valence-electron chi connectivity index (χ2n) is 8.04. The zero-order valence-corrected chi connectivity index (χ0v) is 18.3. The molecule has 1 amide bonds. The number of likely N-dealkylation sites (tertiary alicyclic amines) is 1. The van der Waals surface area contributed by atoms with E-state index in [4.69, 9.17) is 4.74 Å². The number of amides is 1. The average Bonchev–Trinajstić information content (AvgIpc) is 3.09. The fourth-order valence-electron chi connectivity index (χ4n) is 4.29. The van der Waals surface area contributed by atoms with E-state index in [1.165, 1.54) is 4.70 Å². The van der Waals surface area contributed by atoms with Crippen LogP contribution in [0, 0.1) is 5.92 Å². The lowest BCUT2D eigenvalue weighted by atomic mass is 9.95. The number of para-hydroxylation sites is 1. The summed E-state index contributed by atoms with van der Waals surface area (Å²) in [6.07, 6.45) is 2.87. The number of ether oxygens (including phenoxy) is 1. The smallest absolute Gasteiger partial charge is 0.233 e. The molecule has 2 fully saturated rings. The zero-order valence-electron chi connectivity index (χ0n) is 16.7. The monoisotopic (exact) mass is 419 g/mol. The fraction of sp³-hybridized carbons (Fsp3) is 0.619. The molecule has 2 aromatic rings. The van der Waals surface area contributed by atoms with E-state index in [1.807, 2.05) is 23.1 Å². The summed E-state index contributed by atoms with van der Waals surface area (Å²) in [5.74, 6) is 1.43. The van der Waals surface area contributed by atoms with Gasteiger partial charge >= 0.3 is 0 Å². The molecule has 0 radical (unpaired) electrons. The number of rotatable bonds is 5. The SMILES string of the molecule is CC1CN(CC2CCN(C(=O)CSc3nc4ccccc4s3)CC2)CC(C)O1. The van der Waals surface area contributed by atoms with E-state index >= 15 is 0 Å². The van der Waals surface area contributed by atoms with Crippen LogP contribution < -0.4 is 0 Å². The van der Waals surface area contributed by atoms with Crippen molar-refractivity contribution in [2.75, 3.05) is 38.5 Å². The molecule has 2 atom stereocenters. The van der Waals surface area contributed by atoms with Gasteiger partial charge in [-0.15, -0.1) is 11.3 Å². The number of carbonyl (C=O) groups is 1. The normalized spacial score (nSPS) is 24.7. The molecule has 4 rings (SSSR count). The van der Waals surface area contributed by atoms with Crippen molar-refractivity contribution in [3.63, 3.8) is 0 Å². The van der Waals surface area contributed by atoms with Gasteiger partial charge in [0.05, 0.1) is 28.2 Å². The molecule has 1 aromatic heterocycles. The summed E-state index contributed by atoms with van der Waals surface area (Å²) in [4.78, 5) is 21.8. The number of nitrogens with zero attached hydrogens (tertiary/aromatic N) is 3. The summed E-state index contributed by atoms with van der Waals surface area (Å²) in [5, 5.41) is 0. The third-order valence-electron chi connectivity index (χ3n) is 5.57. The predicted molar refractivity (Wildman–Crippen MR) is 116 cm³/mol. The molecule has 2 unspecified atom stereocenters. The number of benzene rings is 1. The first-order chi connectivity index (χ1) is 13.6. The first kappa shape index (κ1) is 20.1. The van der Waals surface area contributed by atoms with Gasteiger partial charge in [-0.25, -0.2) is 4.98 Å². The number of thioether (sulfide) groups is 1. The topological polar surface area (TPSA) is 45.7 Å². The van der Waals surface area contributed by atoms with Crippen molar-refractivity contribution in [2.24, 2.45) is 5.92 Å². The number of thiazole rings is 1. The number of hydrogen-bond donors (Lipinski definition) is 0. The van der Waals surface area contributed by atoms with Gasteiger partial charge in [-0.3, -0.25) is 9.69 Å². The van der Waals surface area contributed by atoms with Gasteiger partial charge in [0, 0.05) is 32.7 Å². The fourth-order valence-corrected chi connectivity index (χ4v) is 6.26. The summed E-state index contributed by atoms with van der Waals surface area (Å²) in [7, 11) is 0. The van der Waals surface area contributed by atoms with E-state index in [0.717, 1.165) is 55.4 Å². The second kappa shape index (κ2) is 9.11. The van der Waals surface area contributed by atoms with Crippen LogP contribution in [0.4, 0.5) is 0 Å². The molecule has 0 bridgehead atoms. The van der Waals surface area contributed by atoms with Crippen LogP contribution >= 0.6 is 23.1 Å². The van der Waals surface area contributed by atoms with Gasteiger partial charge in [-0.05, 0) is 44.7 Å². The van der Waals surface area contributed by atoms with Crippen LogP contribution in [0.25, 0.3) is 10.2 Å². The van der Waals surface area contributed by atoms with E-state index in [9.17, 15) is 4.79 Å². The third kappa shape index (κ3) is 5.06. The van der Waals surface area contributed by atoms with E-state index < -0.39 is 0 Å². The van der Waals surface area contributed by atoms with Gasteiger partial charge in [0.15, 0.2) is 4.34 Å². The summed E-state index contributed by atoms with van der Waals surface area (Å²) < 4.78 is 8.01.